The molecule has 1 aromatic carbocycles. The summed E-state index contributed by atoms with van der Waals surface area (Å²) in [5.74, 6) is 0. The molecule has 4 nitrogen and oxygen atoms in total. The summed E-state index contributed by atoms with van der Waals surface area (Å²) in [6, 6.07) is 8.20. The summed E-state index contributed by atoms with van der Waals surface area (Å²) in [6.07, 6.45) is 6.59. The second-order valence-corrected chi connectivity index (χ2v) is 3.77. The fraction of sp³-hybridized carbons (Fsp3) is 0.167. The fourth-order valence-electron chi connectivity index (χ4n) is 1.88. The van der Waals surface area contributed by atoms with Gasteiger partial charge in [-0.25, -0.2) is 0 Å². The average molecular weight is 216 g/mol. The Morgan fingerprint density at radius 3 is 2.56 bits per heavy atom. The minimum Gasteiger partial charge on any atom is -0.312 e. The molecule has 2 N–H and O–H groups in total. The van der Waals surface area contributed by atoms with Crippen molar-refractivity contribution in [3.63, 3.8) is 0 Å². The van der Waals surface area contributed by atoms with E-state index < -0.39 is 11.6 Å². The van der Waals surface area contributed by atoms with E-state index in [1.807, 2.05) is 18.2 Å². The number of hydrogen-bond donors (Lipinski definition) is 1. The lowest BCUT2D eigenvalue weighted by Gasteiger charge is -2.29. The van der Waals surface area contributed by atoms with Crippen molar-refractivity contribution in [2.24, 2.45) is 5.73 Å². The van der Waals surface area contributed by atoms with Gasteiger partial charge in [-0.05, 0) is 11.6 Å². The maximum Gasteiger partial charge on any atom is 0.256 e. The summed E-state index contributed by atoms with van der Waals surface area (Å²) in [6.45, 7) is 0. The molecule has 0 aliphatic heterocycles. The number of nitro groups is 1. The molecule has 0 bridgehead atoms. The number of nitrogens with two attached hydrogens (primary N) is 1. The van der Waals surface area contributed by atoms with Gasteiger partial charge in [0.05, 0.1) is 0 Å². The first-order valence-corrected chi connectivity index (χ1v) is 4.98. The Bertz CT molecular complexity index is 453. The Morgan fingerprint density at radius 1 is 1.25 bits per heavy atom. The maximum atomic E-state index is 11.0. The number of rotatable bonds is 2. The van der Waals surface area contributed by atoms with Crippen LogP contribution in [0.25, 0.3) is 0 Å². The quantitative estimate of drug-likeness (QED) is 0.603. The first-order chi connectivity index (χ1) is 7.64. The molecule has 82 valence electrons. The molecule has 2 unspecified atom stereocenters. The van der Waals surface area contributed by atoms with Crippen molar-refractivity contribution in [1.82, 2.24) is 0 Å². The van der Waals surface area contributed by atoms with Gasteiger partial charge in [0.2, 0.25) is 0 Å². The largest absolute Gasteiger partial charge is 0.312 e. The Balaban J connectivity index is 2.47. The summed E-state index contributed by atoms with van der Waals surface area (Å²) < 4.78 is 0. The van der Waals surface area contributed by atoms with Gasteiger partial charge in [-0.2, -0.15) is 0 Å². The average Bonchev–Trinajstić information content (AvgIpc) is 2.30. The van der Waals surface area contributed by atoms with Crippen LogP contribution in [0.2, 0.25) is 0 Å². The standard InChI is InChI=1S/C12H12N2O2/c13-12(10-6-2-1-3-7-10)9-5-4-8-11(12)14(15)16/h1-9,11H,13H2. The van der Waals surface area contributed by atoms with Crippen LogP contribution in [0.5, 0.6) is 0 Å². The van der Waals surface area contributed by atoms with Crippen LogP contribution < -0.4 is 5.73 Å². The first-order valence-electron chi connectivity index (χ1n) is 4.98. The van der Waals surface area contributed by atoms with Crippen LogP contribution in [0.3, 0.4) is 0 Å². The monoisotopic (exact) mass is 216 g/mol. The van der Waals surface area contributed by atoms with Crippen molar-refractivity contribution >= 4 is 0 Å². The third-order valence-corrected chi connectivity index (χ3v) is 2.77. The first kappa shape index (κ1) is 10.6. The van der Waals surface area contributed by atoms with Gasteiger partial charge in [0.1, 0.15) is 5.54 Å². The molecule has 0 saturated carbocycles. The van der Waals surface area contributed by atoms with Gasteiger partial charge < -0.3 is 5.73 Å². The highest BCUT2D eigenvalue weighted by Crippen LogP contribution is 2.28. The number of benzene rings is 1. The Labute approximate surface area is 93.2 Å². The molecule has 1 aromatic rings. The lowest BCUT2D eigenvalue weighted by Crippen LogP contribution is -2.50. The van der Waals surface area contributed by atoms with Crippen molar-refractivity contribution in [2.45, 2.75) is 11.6 Å². The Hall–Kier alpha value is -1.94. The van der Waals surface area contributed by atoms with Gasteiger partial charge in [-0.15, -0.1) is 0 Å². The fourth-order valence-corrected chi connectivity index (χ4v) is 1.88. The van der Waals surface area contributed by atoms with Crippen LogP contribution in [0.15, 0.2) is 54.6 Å². The van der Waals surface area contributed by atoms with Crippen LogP contribution in [0.1, 0.15) is 5.56 Å². The molecule has 0 saturated heterocycles. The summed E-state index contributed by atoms with van der Waals surface area (Å²) >= 11 is 0. The highest BCUT2D eigenvalue weighted by molar-refractivity contribution is 5.36. The van der Waals surface area contributed by atoms with E-state index in [-0.39, 0.29) is 4.92 Å². The predicted octanol–water partition coefficient (Wildman–Crippen LogP) is 1.61. The molecule has 0 radical (unpaired) electrons. The molecule has 2 rings (SSSR count). The molecular weight excluding hydrogens is 204 g/mol. The van der Waals surface area contributed by atoms with E-state index in [2.05, 4.69) is 0 Å². The zero-order valence-corrected chi connectivity index (χ0v) is 8.61. The second-order valence-electron chi connectivity index (χ2n) is 3.77. The normalized spacial score (nSPS) is 27.9. The van der Waals surface area contributed by atoms with E-state index in [1.54, 1.807) is 30.4 Å². The van der Waals surface area contributed by atoms with Gasteiger partial charge in [0.15, 0.2) is 0 Å². The van der Waals surface area contributed by atoms with E-state index in [4.69, 9.17) is 5.73 Å². The van der Waals surface area contributed by atoms with E-state index in [0.717, 1.165) is 5.56 Å². The van der Waals surface area contributed by atoms with E-state index in [9.17, 15) is 10.1 Å². The highest BCUT2D eigenvalue weighted by Gasteiger charge is 2.42. The molecule has 2 atom stereocenters. The number of hydrogen-bond acceptors (Lipinski definition) is 3. The number of nitrogens with zero attached hydrogens (tertiary/aromatic N) is 1. The maximum absolute atomic E-state index is 11.0. The Kier molecular flexibility index (Phi) is 2.58. The second kappa shape index (κ2) is 3.90. The minimum absolute atomic E-state index is 0.354. The predicted molar refractivity (Wildman–Crippen MR) is 61.4 cm³/mol. The molecule has 0 fully saturated rings. The van der Waals surface area contributed by atoms with Gasteiger partial charge in [0.25, 0.3) is 6.04 Å². The van der Waals surface area contributed by atoms with Crippen molar-refractivity contribution < 1.29 is 4.92 Å². The lowest BCUT2D eigenvalue weighted by molar-refractivity contribution is -0.519. The van der Waals surface area contributed by atoms with Crippen molar-refractivity contribution in [1.29, 1.82) is 0 Å². The van der Waals surface area contributed by atoms with Crippen LogP contribution in [0, 0.1) is 10.1 Å². The van der Waals surface area contributed by atoms with E-state index in [0.29, 0.717) is 0 Å². The van der Waals surface area contributed by atoms with Crippen LogP contribution in [-0.4, -0.2) is 11.0 Å². The van der Waals surface area contributed by atoms with Gasteiger partial charge in [0, 0.05) is 4.92 Å². The molecule has 0 heterocycles. The molecule has 16 heavy (non-hydrogen) atoms. The summed E-state index contributed by atoms with van der Waals surface area (Å²) in [5, 5.41) is 11.0. The molecular formula is C12H12N2O2. The highest BCUT2D eigenvalue weighted by atomic mass is 16.6. The van der Waals surface area contributed by atoms with Crippen LogP contribution >= 0.6 is 0 Å². The Morgan fingerprint density at radius 2 is 1.94 bits per heavy atom. The zero-order valence-electron chi connectivity index (χ0n) is 8.61. The number of allylic oxidation sites excluding steroid dienone is 2. The van der Waals surface area contributed by atoms with Crippen molar-refractivity contribution in [2.75, 3.05) is 0 Å². The smallest absolute Gasteiger partial charge is 0.256 e. The SMILES string of the molecule is NC1(c2ccccc2)C=CC=CC1[N+](=O)[O-]. The summed E-state index contributed by atoms with van der Waals surface area (Å²) in [7, 11) is 0. The van der Waals surface area contributed by atoms with E-state index >= 15 is 0 Å². The molecule has 1 aliphatic carbocycles. The minimum atomic E-state index is -1.06. The third-order valence-electron chi connectivity index (χ3n) is 2.77. The van der Waals surface area contributed by atoms with E-state index in [1.165, 1.54) is 6.08 Å². The summed E-state index contributed by atoms with van der Waals surface area (Å²) in [5.41, 5.74) is 5.84. The molecule has 0 amide bonds. The topological polar surface area (TPSA) is 69.2 Å². The van der Waals surface area contributed by atoms with Gasteiger partial charge in [-0.1, -0.05) is 48.6 Å². The van der Waals surface area contributed by atoms with Crippen LogP contribution in [0.4, 0.5) is 0 Å². The molecule has 1 aliphatic rings. The van der Waals surface area contributed by atoms with Gasteiger partial charge in [-0.3, -0.25) is 10.1 Å². The molecule has 0 spiro atoms. The summed E-state index contributed by atoms with van der Waals surface area (Å²) in [4.78, 5) is 10.6. The molecule has 4 heteroatoms. The van der Waals surface area contributed by atoms with Crippen molar-refractivity contribution in [3.8, 4) is 0 Å². The lowest BCUT2D eigenvalue weighted by atomic mass is 9.81. The van der Waals surface area contributed by atoms with Gasteiger partial charge >= 0.3 is 0 Å². The van der Waals surface area contributed by atoms with Crippen molar-refractivity contribution in [3.05, 3.63) is 70.3 Å². The van der Waals surface area contributed by atoms with Crippen LogP contribution in [-0.2, 0) is 5.54 Å². The molecule has 0 aromatic heterocycles. The zero-order chi connectivity index (χ0) is 11.6. The third kappa shape index (κ3) is 1.63.